The van der Waals surface area contributed by atoms with Gasteiger partial charge < -0.3 is 10.1 Å². The Bertz CT molecular complexity index is 997. The van der Waals surface area contributed by atoms with E-state index in [1.807, 2.05) is 6.07 Å². The number of nitrogens with one attached hydrogen (secondary N) is 1. The zero-order valence-corrected chi connectivity index (χ0v) is 17.2. The molecule has 0 radical (unpaired) electrons. The van der Waals surface area contributed by atoms with Crippen LogP contribution in [0.1, 0.15) is 21.5 Å². The Kier molecular flexibility index (Phi) is 5.58. The van der Waals surface area contributed by atoms with Crippen LogP contribution in [0.5, 0.6) is 5.75 Å². The van der Waals surface area contributed by atoms with Gasteiger partial charge in [0.05, 0.1) is 11.5 Å². The maximum atomic E-state index is 12.9. The predicted molar refractivity (Wildman–Crippen MR) is 110 cm³/mol. The van der Waals surface area contributed by atoms with Crippen LogP contribution in [-0.4, -0.2) is 63.4 Å². The molecule has 0 aromatic heterocycles. The zero-order valence-electron chi connectivity index (χ0n) is 16.4. The predicted octanol–water partition coefficient (Wildman–Crippen LogP) is 1.49. The summed E-state index contributed by atoms with van der Waals surface area (Å²) in [5.74, 6) is 0.743. The summed E-state index contributed by atoms with van der Waals surface area (Å²) in [7, 11) is -2.01. The summed E-state index contributed by atoms with van der Waals surface area (Å²) in [5.41, 5.74) is 2.93. The lowest BCUT2D eigenvalue weighted by Gasteiger charge is -2.34. The lowest BCUT2D eigenvalue weighted by molar-refractivity contribution is 0.0963. The molecule has 1 fully saturated rings. The minimum Gasteiger partial charge on any atom is -0.493 e. The zero-order chi connectivity index (χ0) is 20.4. The van der Waals surface area contributed by atoms with Gasteiger partial charge in [-0.2, -0.15) is 4.31 Å². The van der Waals surface area contributed by atoms with E-state index < -0.39 is 10.0 Å². The number of amides is 1. The van der Waals surface area contributed by atoms with Crippen molar-refractivity contribution in [3.8, 4) is 5.75 Å². The van der Waals surface area contributed by atoms with E-state index in [0.29, 0.717) is 31.7 Å². The topological polar surface area (TPSA) is 79.0 Å². The van der Waals surface area contributed by atoms with Crippen molar-refractivity contribution in [3.05, 3.63) is 59.2 Å². The van der Waals surface area contributed by atoms with Crippen LogP contribution in [0.2, 0.25) is 0 Å². The summed E-state index contributed by atoms with van der Waals surface area (Å²) in [6.45, 7) is 3.83. The number of carbonyl (C=O) groups is 1. The van der Waals surface area contributed by atoms with Crippen LogP contribution in [-0.2, 0) is 23.0 Å². The largest absolute Gasteiger partial charge is 0.493 e. The van der Waals surface area contributed by atoms with Crippen LogP contribution in [0.15, 0.2) is 47.4 Å². The highest BCUT2D eigenvalue weighted by molar-refractivity contribution is 7.89. The van der Waals surface area contributed by atoms with Gasteiger partial charge in [-0.1, -0.05) is 12.1 Å². The minimum absolute atomic E-state index is 0.220. The molecule has 29 heavy (non-hydrogen) atoms. The lowest BCUT2D eigenvalue weighted by Crippen LogP contribution is -2.48. The first kappa shape index (κ1) is 19.9. The molecule has 8 heteroatoms. The van der Waals surface area contributed by atoms with Gasteiger partial charge in [0.15, 0.2) is 0 Å². The van der Waals surface area contributed by atoms with Gasteiger partial charge in [-0.05, 0) is 41.5 Å². The Morgan fingerprint density at radius 1 is 1.07 bits per heavy atom. The van der Waals surface area contributed by atoms with Crippen molar-refractivity contribution in [2.75, 3.05) is 39.8 Å². The van der Waals surface area contributed by atoms with Gasteiger partial charge in [0.1, 0.15) is 5.75 Å². The molecule has 7 nitrogen and oxygen atoms in total. The second kappa shape index (κ2) is 8.14. The quantitative estimate of drug-likeness (QED) is 0.801. The number of ether oxygens (including phenoxy) is 1. The maximum Gasteiger partial charge on any atom is 0.251 e. The van der Waals surface area contributed by atoms with Gasteiger partial charge in [-0.15, -0.1) is 0 Å². The summed E-state index contributed by atoms with van der Waals surface area (Å²) in [5, 5.41) is 2.53. The number of benzene rings is 2. The molecule has 1 amide bonds. The SMILES string of the molecule is CNC(=O)c1ccc(S(=O)(=O)N2CCN(Cc3ccc4c(c3)CCO4)CC2)cc1. The first-order valence-corrected chi connectivity index (χ1v) is 11.2. The van der Waals surface area contributed by atoms with Crippen molar-refractivity contribution < 1.29 is 17.9 Å². The van der Waals surface area contributed by atoms with Crippen molar-refractivity contribution in [1.29, 1.82) is 0 Å². The highest BCUT2D eigenvalue weighted by Crippen LogP contribution is 2.26. The molecule has 2 aromatic rings. The lowest BCUT2D eigenvalue weighted by atomic mass is 10.1. The first-order valence-electron chi connectivity index (χ1n) is 9.76. The van der Waals surface area contributed by atoms with E-state index in [2.05, 4.69) is 22.3 Å². The number of carbonyl (C=O) groups excluding carboxylic acids is 1. The van der Waals surface area contributed by atoms with Gasteiger partial charge in [-0.25, -0.2) is 8.42 Å². The molecule has 2 heterocycles. The Morgan fingerprint density at radius 2 is 1.79 bits per heavy atom. The molecule has 0 spiro atoms. The van der Waals surface area contributed by atoms with Crippen molar-refractivity contribution in [3.63, 3.8) is 0 Å². The van der Waals surface area contributed by atoms with Crippen molar-refractivity contribution in [2.45, 2.75) is 17.9 Å². The number of piperazine rings is 1. The smallest absolute Gasteiger partial charge is 0.251 e. The third-order valence-corrected chi connectivity index (χ3v) is 7.39. The highest BCUT2D eigenvalue weighted by atomic mass is 32.2. The van der Waals surface area contributed by atoms with E-state index in [0.717, 1.165) is 25.3 Å². The molecule has 0 unspecified atom stereocenters. The molecular weight excluding hydrogens is 390 g/mol. The van der Waals surface area contributed by atoms with Gasteiger partial charge in [-0.3, -0.25) is 9.69 Å². The Balaban J connectivity index is 1.37. The molecule has 2 aliphatic heterocycles. The van der Waals surface area contributed by atoms with Gasteiger partial charge in [0.2, 0.25) is 10.0 Å². The van der Waals surface area contributed by atoms with E-state index in [9.17, 15) is 13.2 Å². The molecule has 2 aromatic carbocycles. The molecule has 4 rings (SSSR count). The van der Waals surface area contributed by atoms with Crippen LogP contribution < -0.4 is 10.1 Å². The van der Waals surface area contributed by atoms with E-state index in [1.54, 1.807) is 19.2 Å². The monoisotopic (exact) mass is 415 g/mol. The second-order valence-corrected chi connectivity index (χ2v) is 9.26. The van der Waals surface area contributed by atoms with Crippen LogP contribution in [0.4, 0.5) is 0 Å². The molecular formula is C21H25N3O4S. The van der Waals surface area contributed by atoms with Crippen LogP contribution in [0, 0.1) is 0 Å². The van der Waals surface area contributed by atoms with Crippen molar-refractivity contribution >= 4 is 15.9 Å². The number of sulfonamides is 1. The summed E-state index contributed by atoms with van der Waals surface area (Å²) in [6, 6.07) is 12.4. The molecule has 0 bridgehead atoms. The fourth-order valence-electron chi connectivity index (χ4n) is 3.80. The normalized spacial score (nSPS) is 17.6. The summed E-state index contributed by atoms with van der Waals surface area (Å²) < 4.78 is 32.9. The third-order valence-electron chi connectivity index (χ3n) is 5.47. The molecule has 0 aliphatic carbocycles. The Morgan fingerprint density at radius 3 is 2.48 bits per heavy atom. The average Bonchev–Trinajstić information content (AvgIpc) is 3.21. The highest BCUT2D eigenvalue weighted by Gasteiger charge is 2.28. The summed E-state index contributed by atoms with van der Waals surface area (Å²) in [6.07, 6.45) is 0.952. The number of hydrogen-bond donors (Lipinski definition) is 1. The van der Waals surface area contributed by atoms with Gasteiger partial charge in [0, 0.05) is 51.8 Å². The number of rotatable bonds is 5. The Labute approximate surface area is 171 Å². The van der Waals surface area contributed by atoms with Crippen LogP contribution in [0.25, 0.3) is 0 Å². The third kappa shape index (κ3) is 4.14. The van der Waals surface area contributed by atoms with E-state index >= 15 is 0 Å². The fourth-order valence-corrected chi connectivity index (χ4v) is 5.22. The summed E-state index contributed by atoms with van der Waals surface area (Å²) >= 11 is 0. The molecule has 2 aliphatic rings. The molecule has 0 saturated carbocycles. The van der Waals surface area contributed by atoms with Gasteiger partial charge in [0.25, 0.3) is 5.91 Å². The van der Waals surface area contributed by atoms with Crippen molar-refractivity contribution in [1.82, 2.24) is 14.5 Å². The minimum atomic E-state index is -3.56. The van der Waals surface area contributed by atoms with E-state index in [4.69, 9.17) is 4.74 Å². The van der Waals surface area contributed by atoms with Crippen LogP contribution >= 0.6 is 0 Å². The molecule has 0 atom stereocenters. The number of nitrogens with zero attached hydrogens (tertiary/aromatic N) is 2. The molecule has 1 saturated heterocycles. The summed E-state index contributed by atoms with van der Waals surface area (Å²) in [4.78, 5) is 14.1. The van der Waals surface area contributed by atoms with E-state index in [1.165, 1.54) is 27.6 Å². The number of hydrogen-bond acceptors (Lipinski definition) is 5. The van der Waals surface area contributed by atoms with Gasteiger partial charge >= 0.3 is 0 Å². The first-order chi connectivity index (χ1) is 14.0. The maximum absolute atomic E-state index is 12.9. The van der Waals surface area contributed by atoms with Crippen molar-refractivity contribution in [2.24, 2.45) is 0 Å². The molecule has 154 valence electrons. The number of fused-ring (bicyclic) bond motifs is 1. The van der Waals surface area contributed by atoms with E-state index in [-0.39, 0.29) is 10.8 Å². The second-order valence-electron chi connectivity index (χ2n) is 7.32. The standard InChI is InChI=1S/C21H25N3O4S/c1-22-21(25)17-3-5-19(6-4-17)29(26,27)24-11-9-23(10-12-24)15-16-2-7-20-18(14-16)8-13-28-20/h2-7,14H,8-13,15H2,1H3,(H,22,25). The average molecular weight is 416 g/mol. The molecule has 1 N–H and O–H groups in total. The van der Waals surface area contributed by atoms with Crippen LogP contribution in [0.3, 0.4) is 0 Å². The Hall–Kier alpha value is -2.42. The fraction of sp³-hybridized carbons (Fsp3) is 0.381.